The molecule has 0 aromatic heterocycles. The van der Waals surface area contributed by atoms with Crippen molar-refractivity contribution in [2.75, 3.05) is 24.4 Å². The third kappa shape index (κ3) is 3.52. The van der Waals surface area contributed by atoms with Crippen LogP contribution in [0.5, 0.6) is 0 Å². The number of hydrogen-bond donors (Lipinski definition) is 1. The third-order valence-corrected chi connectivity index (χ3v) is 3.38. The predicted octanol–water partition coefficient (Wildman–Crippen LogP) is 4.38. The lowest BCUT2D eigenvalue weighted by atomic mass is 10.1. The Morgan fingerprint density at radius 1 is 1.24 bits per heavy atom. The van der Waals surface area contributed by atoms with Gasteiger partial charge >= 0.3 is 0 Å². The predicted molar refractivity (Wildman–Crippen MR) is 88.0 cm³/mol. The smallest absolute Gasteiger partial charge is 0.148 e. The number of anilines is 2. The van der Waals surface area contributed by atoms with Gasteiger partial charge in [-0.15, -0.1) is 0 Å². The standard InChI is InChI=1S/C16H17ClFN3/c1-11(13-10-12(17)8-9-15(13)19-2)20-21(3)16-7-5-4-6-14(16)18/h4-10,19H,1-3H3/b20-11-. The van der Waals surface area contributed by atoms with Gasteiger partial charge in [0, 0.05) is 30.4 Å². The van der Waals surface area contributed by atoms with Crippen LogP contribution in [0.3, 0.4) is 0 Å². The summed E-state index contributed by atoms with van der Waals surface area (Å²) in [5.41, 5.74) is 2.97. The normalized spacial score (nSPS) is 11.4. The molecule has 2 aromatic rings. The van der Waals surface area contributed by atoms with Crippen LogP contribution in [-0.4, -0.2) is 19.8 Å². The van der Waals surface area contributed by atoms with Crippen molar-refractivity contribution in [1.29, 1.82) is 0 Å². The highest BCUT2D eigenvalue weighted by Gasteiger charge is 2.09. The molecule has 0 aliphatic heterocycles. The average Bonchev–Trinajstić information content (AvgIpc) is 2.47. The Hall–Kier alpha value is -2.07. The summed E-state index contributed by atoms with van der Waals surface area (Å²) in [6.07, 6.45) is 0. The molecule has 0 aliphatic rings. The molecular weight excluding hydrogens is 289 g/mol. The first-order valence-corrected chi connectivity index (χ1v) is 6.92. The van der Waals surface area contributed by atoms with Gasteiger partial charge in [-0.2, -0.15) is 5.10 Å². The monoisotopic (exact) mass is 305 g/mol. The highest BCUT2D eigenvalue weighted by atomic mass is 35.5. The van der Waals surface area contributed by atoms with Crippen LogP contribution in [0, 0.1) is 5.82 Å². The van der Waals surface area contributed by atoms with Gasteiger partial charge in [0.2, 0.25) is 0 Å². The van der Waals surface area contributed by atoms with Crippen molar-refractivity contribution in [2.45, 2.75) is 6.92 Å². The van der Waals surface area contributed by atoms with Crippen molar-refractivity contribution in [3.63, 3.8) is 0 Å². The summed E-state index contributed by atoms with van der Waals surface area (Å²) < 4.78 is 13.8. The summed E-state index contributed by atoms with van der Waals surface area (Å²) in [5.74, 6) is -0.309. The van der Waals surface area contributed by atoms with Gasteiger partial charge in [-0.25, -0.2) is 4.39 Å². The fourth-order valence-electron chi connectivity index (χ4n) is 2.08. The van der Waals surface area contributed by atoms with Crippen molar-refractivity contribution >= 4 is 28.7 Å². The Balaban J connectivity index is 2.37. The minimum absolute atomic E-state index is 0.309. The zero-order valence-electron chi connectivity index (χ0n) is 12.2. The van der Waals surface area contributed by atoms with E-state index in [1.165, 1.54) is 11.1 Å². The number of hydrogen-bond acceptors (Lipinski definition) is 3. The number of benzene rings is 2. The fraction of sp³-hybridized carbons (Fsp3) is 0.188. The second-order valence-electron chi connectivity index (χ2n) is 4.60. The molecule has 2 rings (SSSR count). The van der Waals surface area contributed by atoms with E-state index in [9.17, 15) is 4.39 Å². The SMILES string of the molecule is CNc1ccc(Cl)cc1/C(C)=N\N(C)c1ccccc1F. The molecule has 0 atom stereocenters. The summed E-state index contributed by atoms with van der Waals surface area (Å²) in [4.78, 5) is 0. The largest absolute Gasteiger partial charge is 0.388 e. The lowest BCUT2D eigenvalue weighted by molar-refractivity contribution is 0.624. The van der Waals surface area contributed by atoms with E-state index >= 15 is 0 Å². The number of nitrogens with zero attached hydrogens (tertiary/aromatic N) is 2. The highest BCUT2D eigenvalue weighted by Crippen LogP contribution is 2.23. The summed E-state index contributed by atoms with van der Waals surface area (Å²) in [7, 11) is 3.55. The van der Waals surface area contributed by atoms with E-state index in [1.54, 1.807) is 25.2 Å². The second-order valence-corrected chi connectivity index (χ2v) is 5.04. The summed E-state index contributed by atoms with van der Waals surface area (Å²) in [6, 6.07) is 12.1. The van der Waals surface area contributed by atoms with E-state index in [1.807, 2.05) is 32.2 Å². The van der Waals surface area contributed by atoms with Gasteiger partial charge in [-0.3, -0.25) is 5.01 Å². The topological polar surface area (TPSA) is 27.6 Å². The molecule has 21 heavy (non-hydrogen) atoms. The first-order valence-electron chi connectivity index (χ1n) is 6.54. The van der Waals surface area contributed by atoms with Crippen LogP contribution in [0.25, 0.3) is 0 Å². The second kappa shape index (κ2) is 6.59. The maximum absolute atomic E-state index is 13.8. The average molecular weight is 306 g/mol. The van der Waals surface area contributed by atoms with E-state index in [4.69, 9.17) is 11.6 Å². The zero-order valence-corrected chi connectivity index (χ0v) is 12.9. The minimum atomic E-state index is -0.309. The Bertz CT molecular complexity index is 670. The molecule has 0 radical (unpaired) electrons. The number of rotatable bonds is 4. The molecular formula is C16H17ClFN3. The molecule has 0 fully saturated rings. The van der Waals surface area contributed by atoms with Crippen molar-refractivity contribution in [2.24, 2.45) is 5.10 Å². The number of halogens is 2. The quantitative estimate of drug-likeness (QED) is 0.670. The van der Waals surface area contributed by atoms with E-state index in [-0.39, 0.29) is 5.82 Å². The van der Waals surface area contributed by atoms with Gasteiger partial charge in [-0.05, 0) is 37.3 Å². The minimum Gasteiger partial charge on any atom is -0.388 e. The van der Waals surface area contributed by atoms with Crippen molar-refractivity contribution in [3.05, 3.63) is 58.9 Å². The van der Waals surface area contributed by atoms with Gasteiger partial charge in [-0.1, -0.05) is 23.7 Å². The molecule has 0 saturated carbocycles. The van der Waals surface area contributed by atoms with Crippen LogP contribution >= 0.6 is 11.6 Å². The maximum atomic E-state index is 13.8. The Morgan fingerprint density at radius 2 is 1.95 bits per heavy atom. The van der Waals surface area contributed by atoms with Gasteiger partial charge in [0.05, 0.1) is 11.4 Å². The molecule has 0 spiro atoms. The lowest BCUT2D eigenvalue weighted by Crippen LogP contribution is -2.14. The molecule has 1 N–H and O–H groups in total. The molecule has 2 aromatic carbocycles. The lowest BCUT2D eigenvalue weighted by Gasteiger charge is -2.16. The molecule has 0 heterocycles. The fourth-order valence-corrected chi connectivity index (χ4v) is 2.25. The van der Waals surface area contributed by atoms with Crippen LogP contribution < -0.4 is 10.3 Å². The van der Waals surface area contributed by atoms with Gasteiger partial charge in [0.25, 0.3) is 0 Å². The Morgan fingerprint density at radius 3 is 2.62 bits per heavy atom. The Labute approximate surface area is 129 Å². The van der Waals surface area contributed by atoms with Crippen LogP contribution in [0.2, 0.25) is 5.02 Å². The van der Waals surface area contributed by atoms with Crippen LogP contribution in [-0.2, 0) is 0 Å². The molecule has 0 aliphatic carbocycles. The molecule has 0 saturated heterocycles. The molecule has 0 amide bonds. The summed E-state index contributed by atoms with van der Waals surface area (Å²) in [5, 5.41) is 9.69. The molecule has 5 heteroatoms. The van der Waals surface area contributed by atoms with E-state index in [2.05, 4.69) is 10.4 Å². The zero-order chi connectivity index (χ0) is 15.4. The van der Waals surface area contributed by atoms with Crippen LogP contribution in [0.1, 0.15) is 12.5 Å². The summed E-state index contributed by atoms with van der Waals surface area (Å²) in [6.45, 7) is 1.86. The Kier molecular flexibility index (Phi) is 4.81. The first-order chi connectivity index (χ1) is 10.0. The maximum Gasteiger partial charge on any atom is 0.148 e. The van der Waals surface area contributed by atoms with Gasteiger partial charge in [0.15, 0.2) is 0 Å². The third-order valence-electron chi connectivity index (χ3n) is 3.14. The molecule has 0 bridgehead atoms. The summed E-state index contributed by atoms with van der Waals surface area (Å²) >= 11 is 6.04. The molecule has 3 nitrogen and oxygen atoms in total. The van der Waals surface area contributed by atoms with E-state index in [0.717, 1.165) is 17.0 Å². The van der Waals surface area contributed by atoms with Crippen LogP contribution in [0.15, 0.2) is 47.6 Å². The van der Waals surface area contributed by atoms with Crippen molar-refractivity contribution < 1.29 is 4.39 Å². The van der Waals surface area contributed by atoms with E-state index < -0.39 is 0 Å². The highest BCUT2D eigenvalue weighted by molar-refractivity contribution is 6.31. The van der Waals surface area contributed by atoms with Gasteiger partial charge in [0.1, 0.15) is 5.82 Å². The van der Waals surface area contributed by atoms with Crippen LogP contribution in [0.4, 0.5) is 15.8 Å². The van der Waals surface area contributed by atoms with Crippen molar-refractivity contribution in [3.8, 4) is 0 Å². The molecule has 110 valence electrons. The first kappa shape index (κ1) is 15.3. The van der Waals surface area contributed by atoms with Crippen molar-refractivity contribution in [1.82, 2.24) is 0 Å². The number of nitrogens with one attached hydrogen (secondary N) is 1. The molecule has 0 unspecified atom stereocenters. The van der Waals surface area contributed by atoms with E-state index in [0.29, 0.717) is 10.7 Å². The number of para-hydroxylation sites is 1. The number of hydrazone groups is 1. The van der Waals surface area contributed by atoms with Gasteiger partial charge < -0.3 is 5.32 Å².